The first-order valence-corrected chi connectivity index (χ1v) is 2.72. The van der Waals surface area contributed by atoms with Crippen molar-refractivity contribution in [3.05, 3.63) is 17.4 Å². The van der Waals surface area contributed by atoms with Crippen LogP contribution < -0.4 is 0 Å². The molecule has 0 aromatic heterocycles. The molecule has 0 atom stereocenters. The Kier molecular flexibility index (Phi) is 3.91. The molecule has 1 heteroatoms. The molecule has 8 heavy (non-hydrogen) atoms. The monoisotopic (exact) mass is 109 g/mol. The van der Waals surface area contributed by atoms with Crippen LogP contribution in [-0.4, -0.2) is 6.21 Å². The van der Waals surface area contributed by atoms with Crippen LogP contribution in [0.2, 0.25) is 0 Å². The van der Waals surface area contributed by atoms with E-state index in [1.54, 1.807) is 6.08 Å². The highest BCUT2D eigenvalue weighted by Crippen LogP contribution is 1.92. The number of rotatable bonds is 2. The largest absolute Gasteiger partial charge is 0.308 e. The summed E-state index contributed by atoms with van der Waals surface area (Å²) < 4.78 is 0. The predicted octanol–water partition coefficient (Wildman–Crippen LogP) is 2.15. The van der Waals surface area contributed by atoms with E-state index in [-0.39, 0.29) is 0 Å². The summed E-state index contributed by atoms with van der Waals surface area (Å²) in [6, 6.07) is 0. The third-order valence-electron chi connectivity index (χ3n) is 0.943. The molecular formula is C7H11N. The summed E-state index contributed by atoms with van der Waals surface area (Å²) in [4.78, 5) is 0. The van der Waals surface area contributed by atoms with Crippen LogP contribution in [0, 0.1) is 5.41 Å². The van der Waals surface area contributed by atoms with Crippen molar-refractivity contribution in [3.63, 3.8) is 0 Å². The quantitative estimate of drug-likeness (QED) is 0.415. The Morgan fingerprint density at radius 3 is 2.75 bits per heavy atom. The van der Waals surface area contributed by atoms with Crippen LogP contribution in [0.25, 0.3) is 0 Å². The van der Waals surface area contributed by atoms with Gasteiger partial charge in [-0.05, 0) is 25.0 Å². The van der Waals surface area contributed by atoms with Crippen LogP contribution in [0.3, 0.4) is 0 Å². The van der Waals surface area contributed by atoms with Gasteiger partial charge >= 0.3 is 0 Å². The van der Waals surface area contributed by atoms with E-state index in [9.17, 15) is 0 Å². The Morgan fingerprint density at radius 1 is 1.75 bits per heavy atom. The molecule has 44 valence electrons. The molecule has 0 aliphatic heterocycles. The van der Waals surface area contributed by atoms with E-state index in [0.29, 0.717) is 0 Å². The molecule has 1 nitrogen and oxygen atoms in total. The van der Waals surface area contributed by atoms with Crippen LogP contribution in [0.5, 0.6) is 0 Å². The fourth-order valence-electron chi connectivity index (χ4n) is 0.286. The molecule has 0 bridgehead atoms. The molecule has 1 N–H and O–H groups in total. The molecule has 0 unspecified atom stereocenters. The van der Waals surface area contributed by atoms with Crippen molar-refractivity contribution in [2.24, 2.45) is 0 Å². The molecular weight excluding hydrogens is 98.1 g/mol. The smallest absolute Gasteiger partial charge is 0.0254 e. The van der Waals surface area contributed by atoms with Crippen LogP contribution >= 0.6 is 0 Å². The highest BCUT2D eigenvalue weighted by atomic mass is 14.3. The van der Waals surface area contributed by atoms with Gasteiger partial charge in [-0.2, -0.15) is 0 Å². The Balaban J connectivity index is 3.90. The molecule has 0 spiro atoms. The molecule has 0 rings (SSSR count). The van der Waals surface area contributed by atoms with Crippen molar-refractivity contribution < 1.29 is 0 Å². The topological polar surface area (TPSA) is 23.9 Å². The van der Waals surface area contributed by atoms with Gasteiger partial charge in [0.15, 0.2) is 0 Å². The molecule has 0 aromatic carbocycles. The first-order valence-electron chi connectivity index (χ1n) is 2.72. The second kappa shape index (κ2) is 4.35. The number of nitrogens with one attached hydrogen (secondary N) is 1. The minimum absolute atomic E-state index is 1.02. The van der Waals surface area contributed by atoms with Gasteiger partial charge in [0.25, 0.3) is 0 Å². The first-order chi connectivity index (χ1) is 3.81. The van der Waals surface area contributed by atoms with Crippen molar-refractivity contribution in [1.29, 1.82) is 5.41 Å². The third kappa shape index (κ3) is 3.38. The molecule has 0 saturated carbocycles. The van der Waals surface area contributed by atoms with Crippen molar-refractivity contribution in [2.45, 2.75) is 20.3 Å². The number of hydrogen-bond acceptors (Lipinski definition) is 1. The molecule has 0 saturated heterocycles. The second-order valence-corrected chi connectivity index (χ2v) is 1.61. The Labute approximate surface area is 50.2 Å². The lowest BCUT2D eigenvalue weighted by Crippen LogP contribution is -1.64. The third-order valence-corrected chi connectivity index (χ3v) is 0.943. The number of hydrogen-bond donors (Lipinski definition) is 1. The first kappa shape index (κ1) is 7.19. The lowest BCUT2D eigenvalue weighted by Gasteiger charge is -1.81. The Morgan fingerprint density at radius 2 is 2.38 bits per heavy atom. The van der Waals surface area contributed by atoms with Crippen LogP contribution in [0.4, 0.5) is 0 Å². The van der Waals surface area contributed by atoms with E-state index in [2.05, 4.69) is 12.7 Å². The summed E-state index contributed by atoms with van der Waals surface area (Å²) in [5.74, 6) is 0. The average Bonchev–Trinajstić information content (AvgIpc) is 1.83. The van der Waals surface area contributed by atoms with Crippen molar-refractivity contribution in [1.82, 2.24) is 0 Å². The summed E-state index contributed by atoms with van der Waals surface area (Å²) in [6.45, 7) is 4.07. The molecule has 0 aliphatic rings. The van der Waals surface area contributed by atoms with Gasteiger partial charge in [0, 0.05) is 6.21 Å². The van der Waals surface area contributed by atoms with Gasteiger partial charge in [-0.25, -0.2) is 0 Å². The van der Waals surface area contributed by atoms with Gasteiger partial charge in [-0.3, -0.25) is 0 Å². The van der Waals surface area contributed by atoms with Gasteiger partial charge in [0.2, 0.25) is 0 Å². The highest BCUT2D eigenvalue weighted by molar-refractivity contribution is 5.67. The molecule has 0 aliphatic carbocycles. The Hall–Kier alpha value is -0.810. The zero-order valence-electron chi connectivity index (χ0n) is 5.36. The summed E-state index contributed by atoms with van der Waals surface area (Å²) in [6.07, 6.45) is 3.86. The van der Waals surface area contributed by atoms with Gasteiger partial charge in [-0.15, -0.1) is 5.73 Å². The zero-order chi connectivity index (χ0) is 6.41. The molecule has 0 heterocycles. The van der Waals surface area contributed by atoms with E-state index in [4.69, 9.17) is 5.41 Å². The predicted molar refractivity (Wildman–Crippen MR) is 36.3 cm³/mol. The standard InChI is InChI=1S/C7H11N/c1-3-7(2)5-4-6-8/h4,6,8H,3H2,1-2H3. The normalized spacial score (nSPS) is 7.25. The summed E-state index contributed by atoms with van der Waals surface area (Å²) in [5, 5.41) is 6.61. The SMILES string of the molecule is CCC(C)=C=CC=N. The molecule has 0 amide bonds. The van der Waals surface area contributed by atoms with Crippen LogP contribution in [0.1, 0.15) is 20.3 Å². The second-order valence-electron chi connectivity index (χ2n) is 1.61. The zero-order valence-corrected chi connectivity index (χ0v) is 5.36. The van der Waals surface area contributed by atoms with Crippen molar-refractivity contribution >= 4 is 6.21 Å². The summed E-state index contributed by atoms with van der Waals surface area (Å²) in [7, 11) is 0. The fraction of sp³-hybridized carbons (Fsp3) is 0.429. The maximum absolute atomic E-state index is 6.61. The van der Waals surface area contributed by atoms with E-state index in [0.717, 1.165) is 6.42 Å². The van der Waals surface area contributed by atoms with Gasteiger partial charge in [0.1, 0.15) is 0 Å². The highest BCUT2D eigenvalue weighted by Gasteiger charge is 1.73. The maximum Gasteiger partial charge on any atom is 0.0254 e. The van der Waals surface area contributed by atoms with E-state index in [1.165, 1.54) is 11.8 Å². The van der Waals surface area contributed by atoms with Crippen molar-refractivity contribution in [2.75, 3.05) is 0 Å². The fourth-order valence-corrected chi connectivity index (χ4v) is 0.286. The lowest BCUT2D eigenvalue weighted by molar-refractivity contribution is 1.11. The summed E-state index contributed by atoms with van der Waals surface area (Å²) >= 11 is 0. The van der Waals surface area contributed by atoms with Crippen molar-refractivity contribution in [3.8, 4) is 0 Å². The molecule has 0 aromatic rings. The van der Waals surface area contributed by atoms with E-state index in [1.807, 2.05) is 6.92 Å². The van der Waals surface area contributed by atoms with Gasteiger partial charge < -0.3 is 5.41 Å². The van der Waals surface area contributed by atoms with Crippen LogP contribution in [-0.2, 0) is 0 Å². The summed E-state index contributed by atoms with van der Waals surface area (Å²) in [5.41, 5.74) is 4.12. The Bertz CT molecular complexity index is 127. The van der Waals surface area contributed by atoms with E-state index >= 15 is 0 Å². The minimum Gasteiger partial charge on any atom is -0.308 e. The lowest BCUT2D eigenvalue weighted by atomic mass is 10.2. The average molecular weight is 109 g/mol. The molecule has 0 fully saturated rings. The minimum atomic E-state index is 1.02. The van der Waals surface area contributed by atoms with Gasteiger partial charge in [-0.1, -0.05) is 6.92 Å². The van der Waals surface area contributed by atoms with Crippen LogP contribution in [0.15, 0.2) is 17.4 Å². The maximum atomic E-state index is 6.61. The van der Waals surface area contributed by atoms with E-state index < -0.39 is 0 Å². The number of allylic oxidation sites excluding steroid dienone is 1. The molecule has 0 radical (unpaired) electrons. The van der Waals surface area contributed by atoms with Gasteiger partial charge in [0.05, 0.1) is 0 Å².